The molecule has 0 aromatic heterocycles. The van der Waals surface area contributed by atoms with E-state index in [1.54, 1.807) is 24.3 Å². The quantitative estimate of drug-likeness (QED) is 0.824. The number of halogens is 1. The van der Waals surface area contributed by atoms with Crippen LogP contribution in [0.3, 0.4) is 0 Å². The lowest BCUT2D eigenvalue weighted by Gasteiger charge is -2.35. The molecule has 27 heavy (non-hydrogen) atoms. The molecule has 6 nitrogen and oxygen atoms in total. The van der Waals surface area contributed by atoms with Crippen molar-refractivity contribution in [3.05, 3.63) is 53.6 Å². The Labute approximate surface area is 164 Å². The van der Waals surface area contributed by atoms with Crippen LogP contribution in [0.4, 0.5) is 5.69 Å². The second-order valence-electron chi connectivity index (χ2n) is 6.38. The number of sulfonamides is 1. The molecule has 1 N–H and O–H groups in total. The maximum Gasteiger partial charge on any atom is 0.264 e. The van der Waals surface area contributed by atoms with Gasteiger partial charge in [0.2, 0.25) is 0 Å². The third kappa shape index (κ3) is 4.04. The molecule has 2 aromatic rings. The van der Waals surface area contributed by atoms with Crippen LogP contribution < -0.4 is 14.4 Å². The van der Waals surface area contributed by atoms with Gasteiger partial charge in [0.25, 0.3) is 15.9 Å². The Morgan fingerprint density at radius 1 is 1.26 bits per heavy atom. The molecule has 0 bridgehead atoms. The van der Waals surface area contributed by atoms with Gasteiger partial charge in [-0.3, -0.25) is 9.10 Å². The van der Waals surface area contributed by atoms with E-state index in [1.165, 1.54) is 28.6 Å². The molecule has 2 atom stereocenters. The molecule has 144 valence electrons. The van der Waals surface area contributed by atoms with Crippen molar-refractivity contribution in [1.82, 2.24) is 5.32 Å². The summed E-state index contributed by atoms with van der Waals surface area (Å²) in [5.41, 5.74) is 0.403. The molecule has 0 saturated heterocycles. The Hall–Kier alpha value is -2.25. The number of nitrogens with one attached hydrogen (secondary N) is 1. The first-order valence-electron chi connectivity index (χ1n) is 8.67. The Morgan fingerprint density at radius 3 is 2.59 bits per heavy atom. The number of anilines is 1. The molecular weight excluding hydrogens is 388 g/mol. The number of benzene rings is 2. The number of rotatable bonds is 5. The van der Waals surface area contributed by atoms with E-state index in [0.717, 1.165) is 6.42 Å². The Morgan fingerprint density at radius 2 is 1.93 bits per heavy atom. The van der Waals surface area contributed by atoms with Gasteiger partial charge in [0.05, 0.1) is 17.1 Å². The van der Waals surface area contributed by atoms with Crippen molar-refractivity contribution in [2.45, 2.75) is 37.3 Å². The van der Waals surface area contributed by atoms with E-state index >= 15 is 0 Å². The van der Waals surface area contributed by atoms with Crippen molar-refractivity contribution < 1.29 is 17.9 Å². The number of para-hydroxylation sites is 2. The van der Waals surface area contributed by atoms with Gasteiger partial charge < -0.3 is 10.1 Å². The number of amides is 1. The van der Waals surface area contributed by atoms with Gasteiger partial charge >= 0.3 is 0 Å². The number of fused-ring (bicyclic) bond motifs is 1. The first-order chi connectivity index (χ1) is 12.8. The molecule has 2 aromatic carbocycles. The van der Waals surface area contributed by atoms with Gasteiger partial charge in [-0.25, -0.2) is 8.42 Å². The third-order valence-corrected chi connectivity index (χ3v) is 6.48. The number of hydrogen-bond donors (Lipinski definition) is 1. The summed E-state index contributed by atoms with van der Waals surface area (Å²) in [4.78, 5) is 12.7. The lowest BCUT2D eigenvalue weighted by molar-refractivity contribution is -0.128. The van der Waals surface area contributed by atoms with Gasteiger partial charge in [0, 0.05) is 11.1 Å². The minimum atomic E-state index is -3.88. The Bertz CT molecular complexity index is 931. The van der Waals surface area contributed by atoms with E-state index in [2.05, 4.69) is 5.32 Å². The Kier molecular flexibility index (Phi) is 5.62. The fraction of sp³-hybridized carbons (Fsp3) is 0.316. The molecule has 8 heteroatoms. The zero-order valence-electron chi connectivity index (χ0n) is 15.1. The summed E-state index contributed by atoms with van der Waals surface area (Å²) in [6.07, 6.45) is -0.169. The standard InChI is InChI=1S/C19H21ClN2O4S/c1-3-13(2)21-19(23)18-12-22(16-6-4-5-7-17(16)26-18)27(24,25)15-10-8-14(20)9-11-15/h4-11,13,18H,3,12H2,1-2H3,(H,21,23). The van der Waals surface area contributed by atoms with E-state index in [-0.39, 0.29) is 23.4 Å². The summed E-state index contributed by atoms with van der Waals surface area (Å²) in [6.45, 7) is 3.74. The van der Waals surface area contributed by atoms with Crippen molar-refractivity contribution in [3.8, 4) is 5.75 Å². The van der Waals surface area contributed by atoms with E-state index in [9.17, 15) is 13.2 Å². The maximum absolute atomic E-state index is 13.2. The molecule has 1 aliphatic heterocycles. The lowest BCUT2D eigenvalue weighted by atomic mass is 10.2. The van der Waals surface area contributed by atoms with E-state index in [1.807, 2.05) is 13.8 Å². The molecule has 0 saturated carbocycles. The fourth-order valence-corrected chi connectivity index (χ4v) is 4.34. The molecule has 0 aliphatic carbocycles. The average Bonchev–Trinajstić information content (AvgIpc) is 2.67. The van der Waals surface area contributed by atoms with Crippen molar-refractivity contribution in [2.24, 2.45) is 0 Å². The first kappa shape index (κ1) is 19.5. The van der Waals surface area contributed by atoms with E-state index in [4.69, 9.17) is 16.3 Å². The average molecular weight is 409 g/mol. The third-order valence-electron chi connectivity index (χ3n) is 4.43. The molecule has 0 fully saturated rings. The van der Waals surface area contributed by atoms with Crippen LogP contribution in [0.2, 0.25) is 5.02 Å². The highest BCUT2D eigenvalue weighted by molar-refractivity contribution is 7.92. The van der Waals surface area contributed by atoms with Crippen LogP contribution in [0.25, 0.3) is 0 Å². The predicted molar refractivity (Wildman–Crippen MR) is 105 cm³/mol. The van der Waals surface area contributed by atoms with Gasteiger partial charge in [-0.2, -0.15) is 0 Å². The first-order valence-corrected chi connectivity index (χ1v) is 10.5. The second-order valence-corrected chi connectivity index (χ2v) is 8.68. The highest BCUT2D eigenvalue weighted by Crippen LogP contribution is 2.36. The lowest BCUT2D eigenvalue weighted by Crippen LogP contribution is -2.52. The van der Waals surface area contributed by atoms with Gasteiger partial charge in [-0.05, 0) is 49.7 Å². The molecule has 1 amide bonds. The summed E-state index contributed by atoms with van der Waals surface area (Å²) in [6, 6.07) is 12.7. The summed E-state index contributed by atoms with van der Waals surface area (Å²) < 4.78 is 33.4. The number of ether oxygens (including phenoxy) is 1. The van der Waals surface area contributed by atoms with Gasteiger partial charge in [0.1, 0.15) is 5.75 Å². The fourth-order valence-electron chi connectivity index (χ4n) is 2.74. The molecule has 2 unspecified atom stereocenters. The molecule has 1 heterocycles. The van der Waals surface area contributed by atoms with Gasteiger partial charge in [0.15, 0.2) is 6.10 Å². The van der Waals surface area contributed by atoms with Crippen LogP contribution >= 0.6 is 11.6 Å². The van der Waals surface area contributed by atoms with E-state index < -0.39 is 16.1 Å². The highest BCUT2D eigenvalue weighted by Gasteiger charge is 2.37. The minimum absolute atomic E-state index is 0.0282. The zero-order valence-corrected chi connectivity index (χ0v) is 16.6. The van der Waals surface area contributed by atoms with Crippen molar-refractivity contribution in [2.75, 3.05) is 10.8 Å². The molecule has 1 aliphatic rings. The Balaban J connectivity index is 1.98. The number of hydrogen-bond acceptors (Lipinski definition) is 4. The predicted octanol–water partition coefficient (Wildman–Crippen LogP) is 3.21. The van der Waals surface area contributed by atoms with Crippen LogP contribution in [0.15, 0.2) is 53.4 Å². The minimum Gasteiger partial charge on any atom is -0.476 e. The molecule has 0 spiro atoms. The van der Waals surface area contributed by atoms with Crippen LogP contribution in [-0.4, -0.2) is 33.0 Å². The molecule has 0 radical (unpaired) electrons. The SMILES string of the molecule is CCC(C)NC(=O)C1CN(S(=O)(=O)c2ccc(Cl)cc2)c2ccccc2O1. The summed E-state index contributed by atoms with van der Waals surface area (Å²) >= 11 is 5.87. The topological polar surface area (TPSA) is 75.7 Å². The van der Waals surface area contributed by atoms with Crippen LogP contribution in [-0.2, 0) is 14.8 Å². The molecular formula is C19H21ClN2O4S. The van der Waals surface area contributed by atoms with Crippen molar-refractivity contribution in [1.29, 1.82) is 0 Å². The monoisotopic (exact) mass is 408 g/mol. The van der Waals surface area contributed by atoms with Crippen LogP contribution in [0.1, 0.15) is 20.3 Å². The number of carbonyl (C=O) groups excluding carboxylic acids is 1. The largest absolute Gasteiger partial charge is 0.476 e. The smallest absolute Gasteiger partial charge is 0.264 e. The maximum atomic E-state index is 13.2. The van der Waals surface area contributed by atoms with Crippen molar-refractivity contribution in [3.63, 3.8) is 0 Å². The zero-order chi connectivity index (χ0) is 19.6. The van der Waals surface area contributed by atoms with Gasteiger partial charge in [-0.15, -0.1) is 0 Å². The van der Waals surface area contributed by atoms with Crippen LogP contribution in [0.5, 0.6) is 5.75 Å². The number of carbonyl (C=O) groups is 1. The summed E-state index contributed by atoms with van der Waals surface area (Å²) in [7, 11) is -3.88. The summed E-state index contributed by atoms with van der Waals surface area (Å²) in [5, 5.41) is 3.29. The highest BCUT2D eigenvalue weighted by atomic mass is 35.5. The normalized spacial score (nSPS) is 17.6. The summed E-state index contributed by atoms with van der Waals surface area (Å²) in [5.74, 6) is 0.0146. The second kappa shape index (κ2) is 7.78. The van der Waals surface area contributed by atoms with E-state index in [0.29, 0.717) is 16.5 Å². The van der Waals surface area contributed by atoms with Crippen LogP contribution in [0, 0.1) is 0 Å². The number of nitrogens with zero attached hydrogens (tertiary/aromatic N) is 1. The molecule has 3 rings (SSSR count). The van der Waals surface area contributed by atoms with Gasteiger partial charge in [-0.1, -0.05) is 30.7 Å². The van der Waals surface area contributed by atoms with Crippen molar-refractivity contribution >= 4 is 33.2 Å².